The van der Waals surface area contributed by atoms with Crippen LogP contribution in [0.5, 0.6) is 0 Å². The Morgan fingerprint density at radius 1 is 1.42 bits per heavy atom. The fourth-order valence-electron chi connectivity index (χ4n) is 1.90. The van der Waals surface area contributed by atoms with Gasteiger partial charge in [0, 0.05) is 19.2 Å². The highest BCUT2D eigenvalue weighted by molar-refractivity contribution is 7.90. The van der Waals surface area contributed by atoms with Gasteiger partial charge in [-0.2, -0.15) is 0 Å². The zero-order valence-corrected chi connectivity index (χ0v) is 11.8. The molecule has 0 radical (unpaired) electrons. The Hall–Kier alpha value is -0.980. The number of nitrogens with one attached hydrogen (secondary N) is 1. The van der Waals surface area contributed by atoms with Gasteiger partial charge in [0.1, 0.15) is 11.4 Å². The molecule has 0 spiro atoms. The van der Waals surface area contributed by atoms with E-state index in [1.54, 1.807) is 25.1 Å². The van der Waals surface area contributed by atoms with E-state index in [2.05, 4.69) is 4.72 Å². The molecule has 6 heteroatoms. The number of ether oxygens (including phenoxy) is 1. The Morgan fingerprint density at radius 3 is 2.58 bits per heavy atom. The SMILES string of the molecule is CO[C@](C)(CNS(=O)(=O)C1CC1)c1ccccc1F. The molecular formula is C13H18FNO3S. The van der Waals surface area contributed by atoms with Crippen LogP contribution < -0.4 is 4.72 Å². The molecule has 1 N–H and O–H groups in total. The highest BCUT2D eigenvalue weighted by atomic mass is 32.2. The Kier molecular flexibility index (Phi) is 3.94. The summed E-state index contributed by atoms with van der Waals surface area (Å²) in [6.07, 6.45) is 1.39. The summed E-state index contributed by atoms with van der Waals surface area (Å²) >= 11 is 0. The van der Waals surface area contributed by atoms with Crippen LogP contribution in [0.25, 0.3) is 0 Å². The van der Waals surface area contributed by atoms with Gasteiger partial charge in [0.2, 0.25) is 10.0 Å². The summed E-state index contributed by atoms with van der Waals surface area (Å²) in [5.41, 5.74) is -0.677. The maximum Gasteiger partial charge on any atom is 0.214 e. The second-order valence-corrected chi connectivity index (χ2v) is 7.03. The molecule has 0 aromatic heterocycles. The average molecular weight is 287 g/mol. The molecule has 1 aromatic rings. The highest BCUT2D eigenvalue weighted by Gasteiger charge is 2.38. The summed E-state index contributed by atoms with van der Waals surface area (Å²) in [5.74, 6) is -0.405. The molecule has 0 amide bonds. The molecule has 2 rings (SSSR count). The largest absolute Gasteiger partial charge is 0.372 e. The van der Waals surface area contributed by atoms with E-state index < -0.39 is 21.4 Å². The minimum atomic E-state index is -3.30. The Morgan fingerprint density at radius 2 is 2.05 bits per heavy atom. The quantitative estimate of drug-likeness (QED) is 0.867. The van der Waals surface area contributed by atoms with Gasteiger partial charge >= 0.3 is 0 Å². The summed E-state index contributed by atoms with van der Waals surface area (Å²) in [7, 11) is -1.86. The van der Waals surface area contributed by atoms with Gasteiger partial charge in [-0.1, -0.05) is 18.2 Å². The van der Waals surface area contributed by atoms with Crippen molar-refractivity contribution >= 4 is 10.0 Å². The standard InChI is InChI=1S/C13H18FNO3S/c1-13(18-2,11-5-3-4-6-12(11)14)9-15-19(16,17)10-7-8-10/h3-6,10,15H,7-9H2,1-2H3/t13-/m1/s1. The second kappa shape index (κ2) is 5.19. The normalized spacial score (nSPS) is 19.1. The van der Waals surface area contributed by atoms with Crippen molar-refractivity contribution in [3.8, 4) is 0 Å². The van der Waals surface area contributed by atoms with Crippen LogP contribution in [0.3, 0.4) is 0 Å². The molecule has 0 aliphatic heterocycles. The average Bonchev–Trinajstić information content (AvgIpc) is 3.21. The molecule has 0 saturated heterocycles. The van der Waals surface area contributed by atoms with Crippen LogP contribution in [0.1, 0.15) is 25.3 Å². The van der Waals surface area contributed by atoms with Crippen molar-refractivity contribution < 1.29 is 17.5 Å². The van der Waals surface area contributed by atoms with Crippen molar-refractivity contribution in [2.75, 3.05) is 13.7 Å². The van der Waals surface area contributed by atoms with E-state index in [0.717, 1.165) is 0 Å². The lowest BCUT2D eigenvalue weighted by atomic mass is 9.95. The summed E-state index contributed by atoms with van der Waals surface area (Å²) in [5, 5.41) is -0.297. The molecule has 19 heavy (non-hydrogen) atoms. The lowest BCUT2D eigenvalue weighted by molar-refractivity contribution is 0.00410. The summed E-state index contributed by atoms with van der Waals surface area (Å²) in [6, 6.07) is 6.22. The predicted octanol–water partition coefficient (Wildman–Crippen LogP) is 1.77. The van der Waals surface area contributed by atoms with Crippen molar-refractivity contribution in [1.82, 2.24) is 4.72 Å². The van der Waals surface area contributed by atoms with Crippen molar-refractivity contribution in [3.63, 3.8) is 0 Å². The van der Waals surface area contributed by atoms with Crippen molar-refractivity contribution in [1.29, 1.82) is 0 Å². The zero-order valence-electron chi connectivity index (χ0n) is 11.0. The summed E-state index contributed by atoms with van der Waals surface area (Å²) < 4.78 is 45.3. The lowest BCUT2D eigenvalue weighted by Gasteiger charge is -2.29. The molecule has 106 valence electrons. The van der Waals surface area contributed by atoms with Gasteiger partial charge in [0.25, 0.3) is 0 Å². The third-order valence-electron chi connectivity index (χ3n) is 3.47. The fraction of sp³-hybridized carbons (Fsp3) is 0.538. The van der Waals surface area contributed by atoms with Crippen LogP contribution >= 0.6 is 0 Å². The zero-order chi connectivity index (χ0) is 14.1. The molecule has 4 nitrogen and oxygen atoms in total. The number of methoxy groups -OCH3 is 1. The van der Waals surface area contributed by atoms with Gasteiger partial charge in [-0.15, -0.1) is 0 Å². The Labute approximate surface area is 113 Å². The molecule has 1 aliphatic rings. The molecule has 1 aliphatic carbocycles. The van der Waals surface area contributed by atoms with E-state index in [1.807, 2.05) is 0 Å². The maximum absolute atomic E-state index is 13.8. The molecule has 0 unspecified atom stereocenters. The van der Waals surface area contributed by atoms with Crippen LogP contribution in [0.15, 0.2) is 24.3 Å². The molecule has 0 bridgehead atoms. The number of sulfonamides is 1. The maximum atomic E-state index is 13.8. The van der Waals surface area contributed by atoms with E-state index in [1.165, 1.54) is 13.2 Å². The van der Waals surface area contributed by atoms with E-state index in [9.17, 15) is 12.8 Å². The van der Waals surface area contributed by atoms with Gasteiger partial charge in [-0.05, 0) is 25.8 Å². The minimum absolute atomic E-state index is 0.0171. The van der Waals surface area contributed by atoms with E-state index >= 15 is 0 Å². The lowest BCUT2D eigenvalue weighted by Crippen LogP contribution is -2.41. The predicted molar refractivity (Wildman–Crippen MR) is 70.7 cm³/mol. The smallest absolute Gasteiger partial charge is 0.214 e. The van der Waals surface area contributed by atoms with Crippen LogP contribution in [0.4, 0.5) is 4.39 Å². The molecule has 1 saturated carbocycles. The van der Waals surface area contributed by atoms with Crippen LogP contribution in [0, 0.1) is 5.82 Å². The van der Waals surface area contributed by atoms with Gasteiger partial charge in [0.05, 0.1) is 5.25 Å². The molecule has 1 aromatic carbocycles. The van der Waals surface area contributed by atoms with Gasteiger partial charge in [-0.3, -0.25) is 0 Å². The third kappa shape index (κ3) is 3.13. The number of hydrogen-bond acceptors (Lipinski definition) is 3. The van der Waals surface area contributed by atoms with Gasteiger partial charge < -0.3 is 4.74 Å². The van der Waals surface area contributed by atoms with Gasteiger partial charge in [0.15, 0.2) is 0 Å². The van der Waals surface area contributed by atoms with Crippen molar-refractivity contribution in [2.45, 2.75) is 30.6 Å². The second-order valence-electron chi connectivity index (χ2n) is 4.98. The first-order valence-corrected chi connectivity index (χ1v) is 7.72. The van der Waals surface area contributed by atoms with E-state index in [4.69, 9.17) is 4.74 Å². The first-order valence-electron chi connectivity index (χ1n) is 6.18. The van der Waals surface area contributed by atoms with E-state index in [0.29, 0.717) is 18.4 Å². The van der Waals surface area contributed by atoms with Crippen LogP contribution in [-0.4, -0.2) is 27.3 Å². The number of rotatable bonds is 6. The summed E-state index contributed by atoms with van der Waals surface area (Å²) in [6.45, 7) is 1.68. The molecule has 1 atom stereocenters. The van der Waals surface area contributed by atoms with Gasteiger partial charge in [-0.25, -0.2) is 17.5 Å². The molecule has 1 fully saturated rings. The Bertz CT molecular complexity index is 557. The minimum Gasteiger partial charge on any atom is -0.372 e. The first-order chi connectivity index (χ1) is 8.89. The fourth-order valence-corrected chi connectivity index (χ4v) is 3.37. The van der Waals surface area contributed by atoms with E-state index in [-0.39, 0.29) is 11.8 Å². The van der Waals surface area contributed by atoms with Crippen LogP contribution in [-0.2, 0) is 20.4 Å². The van der Waals surface area contributed by atoms with Crippen molar-refractivity contribution in [2.24, 2.45) is 0 Å². The number of hydrogen-bond donors (Lipinski definition) is 1. The van der Waals surface area contributed by atoms with Crippen LogP contribution in [0.2, 0.25) is 0 Å². The number of halogens is 1. The first kappa shape index (κ1) is 14.4. The van der Waals surface area contributed by atoms with Crippen molar-refractivity contribution in [3.05, 3.63) is 35.6 Å². The molecular weight excluding hydrogens is 269 g/mol. The number of benzene rings is 1. The monoisotopic (exact) mass is 287 g/mol. The summed E-state index contributed by atoms with van der Waals surface area (Å²) in [4.78, 5) is 0. The topological polar surface area (TPSA) is 55.4 Å². The Balaban J connectivity index is 2.16. The highest BCUT2D eigenvalue weighted by Crippen LogP contribution is 2.30. The third-order valence-corrected chi connectivity index (χ3v) is 5.36. The molecule has 0 heterocycles.